The van der Waals surface area contributed by atoms with Crippen LogP contribution >= 0.6 is 22.9 Å². The molecule has 0 aliphatic rings. The van der Waals surface area contributed by atoms with Crippen molar-refractivity contribution in [1.82, 2.24) is 10.3 Å². The number of nitrogens with one attached hydrogen (secondary N) is 2. The molecule has 0 spiro atoms. The van der Waals surface area contributed by atoms with E-state index >= 15 is 0 Å². The van der Waals surface area contributed by atoms with E-state index in [0.717, 1.165) is 10.2 Å². The van der Waals surface area contributed by atoms with Crippen molar-refractivity contribution in [2.75, 3.05) is 11.9 Å². The van der Waals surface area contributed by atoms with Gasteiger partial charge >= 0.3 is 0 Å². The summed E-state index contributed by atoms with van der Waals surface area (Å²) in [4.78, 5) is 28.2. The van der Waals surface area contributed by atoms with Crippen molar-refractivity contribution in [2.24, 2.45) is 0 Å². The van der Waals surface area contributed by atoms with Crippen LogP contribution in [-0.2, 0) is 4.79 Å². The van der Waals surface area contributed by atoms with Gasteiger partial charge in [0.05, 0.1) is 10.2 Å². The van der Waals surface area contributed by atoms with Crippen LogP contribution in [0.2, 0.25) is 5.02 Å². The van der Waals surface area contributed by atoms with E-state index in [0.29, 0.717) is 35.1 Å². The van der Waals surface area contributed by atoms with Crippen LogP contribution < -0.4 is 10.6 Å². The summed E-state index contributed by atoms with van der Waals surface area (Å²) in [5.41, 5.74) is 1.42. The summed E-state index contributed by atoms with van der Waals surface area (Å²) in [7, 11) is 0. The average Bonchev–Trinajstić information content (AvgIpc) is 3.00. The molecule has 0 bridgehead atoms. The Morgan fingerprint density at radius 2 is 1.92 bits per heavy atom. The zero-order chi connectivity index (χ0) is 17.6. The quantitative estimate of drug-likeness (QED) is 0.639. The number of aromatic nitrogens is 1. The van der Waals surface area contributed by atoms with Crippen molar-refractivity contribution >= 4 is 50.1 Å². The molecule has 2 amide bonds. The molecule has 2 aromatic carbocycles. The van der Waals surface area contributed by atoms with E-state index in [9.17, 15) is 9.59 Å². The van der Waals surface area contributed by atoms with Gasteiger partial charge in [-0.25, -0.2) is 4.98 Å². The Bertz CT molecular complexity index is 896. The standard InChI is InChI=1S/C18H16ClN3O2S/c19-13-8-9-14-15(11-13)25-18(21-14)22-16(23)7-4-10-20-17(24)12-5-2-1-3-6-12/h1-3,5-6,8-9,11H,4,7,10H2,(H,20,24)(H,21,22,23). The highest BCUT2D eigenvalue weighted by Crippen LogP contribution is 2.28. The van der Waals surface area contributed by atoms with Crippen molar-refractivity contribution in [3.8, 4) is 0 Å². The number of thiazole rings is 1. The van der Waals surface area contributed by atoms with E-state index in [-0.39, 0.29) is 11.8 Å². The van der Waals surface area contributed by atoms with E-state index in [1.165, 1.54) is 11.3 Å². The SMILES string of the molecule is O=C(CCCNC(=O)c1ccccc1)Nc1nc2ccc(Cl)cc2s1. The molecule has 3 rings (SSSR count). The predicted molar refractivity (Wildman–Crippen MR) is 101 cm³/mol. The summed E-state index contributed by atoms with van der Waals surface area (Å²) in [5.74, 6) is -0.261. The molecule has 0 aliphatic carbocycles. The minimum Gasteiger partial charge on any atom is -0.352 e. The minimum absolute atomic E-state index is 0.126. The van der Waals surface area contributed by atoms with E-state index in [2.05, 4.69) is 15.6 Å². The van der Waals surface area contributed by atoms with Crippen LogP contribution in [0.3, 0.4) is 0 Å². The minimum atomic E-state index is -0.135. The second-order valence-electron chi connectivity index (χ2n) is 5.40. The third-order valence-corrected chi connectivity index (χ3v) is 4.67. The molecule has 5 nitrogen and oxygen atoms in total. The first-order valence-corrected chi connectivity index (χ1v) is 9.00. The van der Waals surface area contributed by atoms with Crippen LogP contribution in [-0.4, -0.2) is 23.3 Å². The molecule has 0 saturated heterocycles. The summed E-state index contributed by atoms with van der Waals surface area (Å²) in [6.45, 7) is 0.441. The third kappa shape index (κ3) is 4.78. The number of nitrogens with zero attached hydrogens (tertiary/aromatic N) is 1. The van der Waals surface area contributed by atoms with Gasteiger partial charge in [0.25, 0.3) is 5.91 Å². The van der Waals surface area contributed by atoms with Crippen molar-refractivity contribution < 1.29 is 9.59 Å². The summed E-state index contributed by atoms with van der Waals surface area (Å²) < 4.78 is 0.929. The summed E-state index contributed by atoms with van der Waals surface area (Å²) in [6.07, 6.45) is 0.868. The lowest BCUT2D eigenvalue weighted by Gasteiger charge is -2.05. The van der Waals surface area contributed by atoms with Crippen molar-refractivity contribution in [2.45, 2.75) is 12.8 Å². The van der Waals surface area contributed by atoms with Crippen molar-refractivity contribution in [1.29, 1.82) is 0 Å². The molecule has 0 atom stereocenters. The van der Waals surface area contributed by atoms with Crippen LogP contribution in [0.25, 0.3) is 10.2 Å². The summed E-state index contributed by atoms with van der Waals surface area (Å²) in [6, 6.07) is 14.4. The van der Waals surface area contributed by atoms with Crippen LogP contribution in [0.5, 0.6) is 0 Å². The number of amides is 2. The molecule has 0 aliphatic heterocycles. The molecule has 1 aromatic heterocycles. The predicted octanol–water partition coefficient (Wildman–Crippen LogP) is 4.10. The maximum atomic E-state index is 12.0. The van der Waals surface area contributed by atoms with Crippen molar-refractivity contribution in [3.05, 3.63) is 59.1 Å². The van der Waals surface area contributed by atoms with Gasteiger partial charge in [-0.1, -0.05) is 41.1 Å². The molecule has 0 saturated carbocycles. The number of halogens is 1. The monoisotopic (exact) mass is 373 g/mol. The lowest BCUT2D eigenvalue weighted by molar-refractivity contribution is -0.116. The lowest BCUT2D eigenvalue weighted by Crippen LogP contribution is -2.25. The Hall–Kier alpha value is -2.44. The van der Waals surface area contributed by atoms with E-state index in [1.807, 2.05) is 30.3 Å². The van der Waals surface area contributed by atoms with Crippen LogP contribution in [0.4, 0.5) is 5.13 Å². The molecule has 1 heterocycles. The van der Waals surface area contributed by atoms with Crippen LogP contribution in [0.1, 0.15) is 23.2 Å². The van der Waals surface area contributed by atoms with E-state index < -0.39 is 0 Å². The Balaban J connectivity index is 1.44. The fourth-order valence-corrected chi connectivity index (χ4v) is 3.43. The molecular formula is C18H16ClN3O2S. The normalized spacial score (nSPS) is 10.6. The Kier molecular flexibility index (Phi) is 5.63. The first-order valence-electron chi connectivity index (χ1n) is 7.81. The number of hydrogen-bond acceptors (Lipinski definition) is 4. The number of benzene rings is 2. The Labute approximate surface area is 154 Å². The molecule has 0 fully saturated rings. The topological polar surface area (TPSA) is 71.1 Å². The van der Waals surface area contributed by atoms with E-state index in [1.54, 1.807) is 18.2 Å². The van der Waals surface area contributed by atoms with Gasteiger partial charge < -0.3 is 10.6 Å². The smallest absolute Gasteiger partial charge is 0.251 e. The highest BCUT2D eigenvalue weighted by atomic mass is 35.5. The first kappa shape index (κ1) is 17.4. The highest BCUT2D eigenvalue weighted by Gasteiger charge is 2.09. The molecule has 128 valence electrons. The van der Waals surface area contributed by atoms with E-state index in [4.69, 9.17) is 11.6 Å². The number of anilines is 1. The van der Waals surface area contributed by atoms with Gasteiger partial charge in [-0.3, -0.25) is 9.59 Å². The lowest BCUT2D eigenvalue weighted by atomic mass is 10.2. The average molecular weight is 374 g/mol. The van der Waals surface area contributed by atoms with Gasteiger partial charge in [0.2, 0.25) is 5.91 Å². The fourth-order valence-electron chi connectivity index (χ4n) is 2.28. The molecular weight excluding hydrogens is 358 g/mol. The van der Waals surface area contributed by atoms with Gasteiger partial charge in [-0.05, 0) is 36.8 Å². The van der Waals surface area contributed by atoms with Gasteiger partial charge in [0.1, 0.15) is 0 Å². The zero-order valence-electron chi connectivity index (χ0n) is 13.3. The maximum Gasteiger partial charge on any atom is 0.251 e. The molecule has 0 radical (unpaired) electrons. The van der Waals surface area contributed by atoms with Crippen LogP contribution in [0, 0.1) is 0 Å². The largest absolute Gasteiger partial charge is 0.352 e. The first-order chi connectivity index (χ1) is 12.1. The van der Waals surface area contributed by atoms with Crippen LogP contribution in [0.15, 0.2) is 48.5 Å². The van der Waals surface area contributed by atoms with Crippen molar-refractivity contribution in [3.63, 3.8) is 0 Å². The molecule has 3 aromatic rings. The molecule has 2 N–H and O–H groups in total. The number of carbonyl (C=O) groups is 2. The summed E-state index contributed by atoms with van der Waals surface area (Å²) >= 11 is 7.33. The maximum absolute atomic E-state index is 12.0. The van der Waals surface area contributed by atoms with Gasteiger partial charge in [0.15, 0.2) is 5.13 Å². The Morgan fingerprint density at radius 1 is 1.12 bits per heavy atom. The highest BCUT2D eigenvalue weighted by molar-refractivity contribution is 7.22. The zero-order valence-corrected chi connectivity index (χ0v) is 14.9. The second-order valence-corrected chi connectivity index (χ2v) is 6.87. The number of fused-ring (bicyclic) bond motifs is 1. The molecule has 25 heavy (non-hydrogen) atoms. The number of hydrogen-bond donors (Lipinski definition) is 2. The third-order valence-electron chi connectivity index (χ3n) is 3.50. The van der Waals surface area contributed by atoms with Gasteiger partial charge in [-0.15, -0.1) is 0 Å². The van der Waals surface area contributed by atoms with Gasteiger partial charge in [0, 0.05) is 23.6 Å². The molecule has 7 heteroatoms. The second kappa shape index (κ2) is 8.09. The molecule has 0 unspecified atom stereocenters. The Morgan fingerprint density at radius 3 is 2.72 bits per heavy atom. The fraction of sp³-hybridized carbons (Fsp3) is 0.167. The van der Waals surface area contributed by atoms with Gasteiger partial charge in [-0.2, -0.15) is 0 Å². The number of carbonyl (C=O) groups excluding carboxylic acids is 2. The number of rotatable bonds is 6. The summed E-state index contributed by atoms with van der Waals surface area (Å²) in [5, 5.41) is 6.78.